The van der Waals surface area contributed by atoms with Crippen molar-refractivity contribution in [3.05, 3.63) is 83.9 Å². The number of benzene rings is 3. The third-order valence-electron chi connectivity index (χ3n) is 5.06. The van der Waals surface area contributed by atoms with Crippen LogP contribution in [0.5, 0.6) is 11.5 Å². The third-order valence-corrected chi connectivity index (χ3v) is 5.06. The number of nitrogens with zero attached hydrogens (tertiary/aromatic N) is 2. The number of halogens is 3. The predicted octanol–water partition coefficient (Wildman–Crippen LogP) is 6.20. The minimum atomic E-state index is -4.56. The van der Waals surface area contributed by atoms with Crippen LogP contribution in [0.15, 0.2) is 72.8 Å². The van der Waals surface area contributed by atoms with E-state index in [1.54, 1.807) is 30.3 Å². The van der Waals surface area contributed by atoms with E-state index in [-0.39, 0.29) is 17.2 Å². The molecule has 1 aromatic heterocycles. The molecule has 0 spiro atoms. The third kappa shape index (κ3) is 3.86. The van der Waals surface area contributed by atoms with Gasteiger partial charge in [0.1, 0.15) is 11.5 Å². The molecule has 31 heavy (non-hydrogen) atoms. The SMILES string of the molecule is CCc1c(-c2ccc(O)cc2)nn(-c2ccccc2C(F)(F)F)c1-c1ccc(O)cc1. The molecule has 0 amide bonds. The van der Waals surface area contributed by atoms with E-state index in [1.807, 2.05) is 6.92 Å². The van der Waals surface area contributed by atoms with Crippen molar-refractivity contribution in [2.75, 3.05) is 0 Å². The number of alkyl halides is 3. The summed E-state index contributed by atoms with van der Waals surface area (Å²) in [6.45, 7) is 1.91. The van der Waals surface area contributed by atoms with Crippen LogP contribution in [-0.4, -0.2) is 20.0 Å². The number of para-hydroxylation sites is 1. The summed E-state index contributed by atoms with van der Waals surface area (Å²) in [7, 11) is 0. The highest BCUT2D eigenvalue weighted by atomic mass is 19.4. The first-order chi connectivity index (χ1) is 14.8. The van der Waals surface area contributed by atoms with Crippen molar-refractivity contribution in [3.8, 4) is 39.7 Å². The molecule has 4 aromatic rings. The zero-order valence-corrected chi connectivity index (χ0v) is 16.6. The molecule has 0 fully saturated rings. The Hall–Kier alpha value is -3.74. The molecule has 4 rings (SSSR count). The van der Waals surface area contributed by atoms with Gasteiger partial charge in [0.05, 0.1) is 22.6 Å². The molecule has 0 atom stereocenters. The molecule has 1 heterocycles. The van der Waals surface area contributed by atoms with Gasteiger partial charge < -0.3 is 10.2 Å². The van der Waals surface area contributed by atoms with E-state index in [2.05, 4.69) is 5.10 Å². The summed E-state index contributed by atoms with van der Waals surface area (Å²) in [5, 5.41) is 23.9. The average molecular weight is 424 g/mol. The molecule has 158 valence electrons. The molecule has 7 heteroatoms. The van der Waals surface area contributed by atoms with Crippen molar-refractivity contribution in [1.29, 1.82) is 0 Å². The lowest BCUT2D eigenvalue weighted by Crippen LogP contribution is -2.12. The maximum Gasteiger partial charge on any atom is 0.418 e. The first kappa shape index (κ1) is 20.5. The monoisotopic (exact) mass is 424 g/mol. The molecule has 3 aromatic carbocycles. The van der Waals surface area contributed by atoms with Crippen LogP contribution in [-0.2, 0) is 12.6 Å². The summed E-state index contributed by atoms with van der Waals surface area (Å²) in [5.41, 5.74) is 2.23. The zero-order valence-electron chi connectivity index (χ0n) is 16.6. The Balaban J connectivity index is 2.05. The Morgan fingerprint density at radius 1 is 0.806 bits per heavy atom. The minimum absolute atomic E-state index is 0.0577. The Labute approximate surface area is 176 Å². The number of hydrogen-bond acceptors (Lipinski definition) is 3. The fourth-order valence-corrected chi connectivity index (χ4v) is 3.62. The molecule has 0 unspecified atom stereocenters. The lowest BCUT2D eigenvalue weighted by Gasteiger charge is -2.15. The van der Waals surface area contributed by atoms with Crippen molar-refractivity contribution in [3.63, 3.8) is 0 Å². The zero-order chi connectivity index (χ0) is 22.2. The van der Waals surface area contributed by atoms with Crippen molar-refractivity contribution >= 4 is 0 Å². The van der Waals surface area contributed by atoms with Crippen LogP contribution in [0, 0.1) is 0 Å². The van der Waals surface area contributed by atoms with Crippen molar-refractivity contribution in [2.45, 2.75) is 19.5 Å². The molecular weight excluding hydrogens is 405 g/mol. The minimum Gasteiger partial charge on any atom is -0.508 e. The number of hydrogen-bond donors (Lipinski definition) is 2. The maximum atomic E-state index is 13.8. The van der Waals surface area contributed by atoms with Crippen LogP contribution >= 0.6 is 0 Å². The predicted molar refractivity (Wildman–Crippen MR) is 112 cm³/mol. The van der Waals surface area contributed by atoms with Crippen LogP contribution in [0.4, 0.5) is 13.2 Å². The Bertz CT molecular complexity index is 1210. The highest BCUT2D eigenvalue weighted by molar-refractivity contribution is 5.77. The Kier molecular flexibility index (Phi) is 5.19. The van der Waals surface area contributed by atoms with E-state index in [0.717, 1.165) is 11.6 Å². The molecule has 2 N–H and O–H groups in total. The van der Waals surface area contributed by atoms with Gasteiger partial charge in [0.2, 0.25) is 0 Å². The second kappa shape index (κ2) is 7.83. The Morgan fingerprint density at radius 2 is 1.35 bits per heavy atom. The summed E-state index contributed by atoms with van der Waals surface area (Å²) >= 11 is 0. The van der Waals surface area contributed by atoms with Gasteiger partial charge >= 0.3 is 6.18 Å². The highest BCUT2D eigenvalue weighted by Gasteiger charge is 2.35. The van der Waals surface area contributed by atoms with E-state index < -0.39 is 11.7 Å². The van der Waals surface area contributed by atoms with Gasteiger partial charge in [-0.1, -0.05) is 19.1 Å². The number of rotatable bonds is 4. The topological polar surface area (TPSA) is 58.3 Å². The second-order valence-corrected chi connectivity index (χ2v) is 7.05. The van der Waals surface area contributed by atoms with Crippen LogP contribution in [0.3, 0.4) is 0 Å². The molecule has 0 aliphatic heterocycles. The number of aromatic nitrogens is 2. The molecule has 0 aliphatic rings. The van der Waals surface area contributed by atoms with Crippen LogP contribution < -0.4 is 0 Å². The molecule has 4 nitrogen and oxygen atoms in total. The molecular formula is C24H19F3N2O2. The molecule has 0 saturated carbocycles. The van der Waals surface area contributed by atoms with Crippen LogP contribution in [0.25, 0.3) is 28.2 Å². The van der Waals surface area contributed by atoms with E-state index in [1.165, 1.54) is 41.1 Å². The second-order valence-electron chi connectivity index (χ2n) is 7.05. The highest BCUT2D eigenvalue weighted by Crippen LogP contribution is 2.39. The lowest BCUT2D eigenvalue weighted by molar-refractivity contribution is -0.137. The smallest absolute Gasteiger partial charge is 0.418 e. The lowest BCUT2D eigenvalue weighted by atomic mass is 9.99. The average Bonchev–Trinajstić information content (AvgIpc) is 3.13. The van der Waals surface area contributed by atoms with Gasteiger partial charge in [-0.3, -0.25) is 0 Å². The van der Waals surface area contributed by atoms with E-state index in [4.69, 9.17) is 0 Å². The largest absolute Gasteiger partial charge is 0.508 e. The van der Waals surface area contributed by atoms with Crippen molar-refractivity contribution in [1.82, 2.24) is 9.78 Å². The fourth-order valence-electron chi connectivity index (χ4n) is 3.62. The first-order valence-electron chi connectivity index (χ1n) is 9.67. The maximum absolute atomic E-state index is 13.8. The standard InChI is InChI=1S/C24H19F3N2O2/c1-2-19-22(15-7-11-17(30)12-8-15)28-29(23(19)16-9-13-18(31)14-10-16)21-6-4-3-5-20(21)24(25,26)27/h3-14,30-31H,2H2,1H3. The number of aromatic hydroxyl groups is 2. The van der Waals surface area contributed by atoms with Crippen molar-refractivity contribution in [2.24, 2.45) is 0 Å². The molecule has 0 aliphatic carbocycles. The van der Waals surface area contributed by atoms with Crippen LogP contribution in [0.1, 0.15) is 18.1 Å². The quantitative estimate of drug-likeness (QED) is 0.410. The van der Waals surface area contributed by atoms with Gasteiger partial charge in [-0.25, -0.2) is 4.68 Å². The van der Waals surface area contributed by atoms with Crippen LogP contribution in [0.2, 0.25) is 0 Å². The normalized spacial score (nSPS) is 11.6. The number of phenolic OH excluding ortho intramolecular Hbond substituents is 2. The summed E-state index contributed by atoms with van der Waals surface area (Å²) in [4.78, 5) is 0. The first-order valence-corrected chi connectivity index (χ1v) is 9.67. The van der Waals surface area contributed by atoms with Gasteiger partial charge in [0.15, 0.2) is 0 Å². The van der Waals surface area contributed by atoms with Gasteiger partial charge in [0.25, 0.3) is 0 Å². The summed E-state index contributed by atoms with van der Waals surface area (Å²) < 4.78 is 42.6. The van der Waals surface area contributed by atoms with Gasteiger partial charge in [-0.05, 0) is 67.1 Å². The number of phenols is 2. The molecule has 0 radical (unpaired) electrons. The summed E-state index contributed by atoms with van der Waals surface area (Å²) in [5.74, 6) is 0.143. The Morgan fingerprint density at radius 3 is 1.90 bits per heavy atom. The van der Waals surface area contributed by atoms with Gasteiger partial charge in [0, 0.05) is 16.7 Å². The fraction of sp³-hybridized carbons (Fsp3) is 0.125. The summed E-state index contributed by atoms with van der Waals surface area (Å²) in [6, 6.07) is 18.0. The van der Waals surface area contributed by atoms with Gasteiger partial charge in [-0.2, -0.15) is 18.3 Å². The molecule has 0 bridgehead atoms. The van der Waals surface area contributed by atoms with Gasteiger partial charge in [-0.15, -0.1) is 0 Å². The van der Waals surface area contributed by atoms with E-state index >= 15 is 0 Å². The molecule has 0 saturated heterocycles. The van der Waals surface area contributed by atoms with Crippen molar-refractivity contribution < 1.29 is 23.4 Å². The van der Waals surface area contributed by atoms with E-state index in [9.17, 15) is 23.4 Å². The summed E-state index contributed by atoms with van der Waals surface area (Å²) in [6.07, 6.45) is -4.04. The van der Waals surface area contributed by atoms with E-state index in [0.29, 0.717) is 28.9 Å².